The third-order valence-corrected chi connectivity index (χ3v) is 8.11. The summed E-state index contributed by atoms with van der Waals surface area (Å²) in [6.45, 7) is 0. The first-order chi connectivity index (χ1) is 15.9. The van der Waals surface area contributed by atoms with Crippen molar-refractivity contribution in [3.05, 3.63) is 101 Å². The molecular weight excluding hydrogens is 456 g/mol. The molecule has 0 radical (unpaired) electrons. The summed E-state index contributed by atoms with van der Waals surface area (Å²) >= 11 is 6.24. The van der Waals surface area contributed by atoms with Gasteiger partial charge in [0, 0.05) is 47.9 Å². The minimum atomic E-state index is -3.45. The Balaban J connectivity index is 1.25. The molecule has 0 aliphatic heterocycles. The van der Waals surface area contributed by atoms with Crippen LogP contribution in [0.3, 0.4) is 0 Å². The molecule has 5 rings (SSSR count). The molecule has 33 heavy (non-hydrogen) atoms. The van der Waals surface area contributed by atoms with Crippen LogP contribution >= 0.6 is 11.6 Å². The maximum absolute atomic E-state index is 12.9. The number of Topliss-reactive ketones (excluding diaryl/α,β-unsaturated/α-hetero) is 1. The van der Waals surface area contributed by atoms with Gasteiger partial charge in [0.25, 0.3) is 0 Å². The van der Waals surface area contributed by atoms with E-state index in [2.05, 4.69) is 9.97 Å². The average molecular weight is 477 g/mol. The number of carbonyl (C=O) groups excluding carboxylic acids is 1. The average Bonchev–Trinajstić information content (AvgIpc) is 3.61. The lowest BCUT2D eigenvalue weighted by Gasteiger charge is -2.07. The summed E-state index contributed by atoms with van der Waals surface area (Å²) in [5.74, 6) is 0.210. The first-order valence-electron chi connectivity index (χ1n) is 10.7. The largest absolute Gasteiger partial charge is 0.299 e. The highest BCUT2D eigenvalue weighted by atomic mass is 35.5. The van der Waals surface area contributed by atoms with E-state index < -0.39 is 9.84 Å². The van der Waals surface area contributed by atoms with Gasteiger partial charge in [0.15, 0.2) is 9.84 Å². The number of rotatable bonds is 7. The number of aromatic nitrogens is 2. The Labute approximate surface area is 197 Å². The Morgan fingerprint density at radius 2 is 1.79 bits per heavy atom. The van der Waals surface area contributed by atoms with E-state index in [1.54, 1.807) is 49.1 Å². The van der Waals surface area contributed by atoms with E-state index >= 15 is 0 Å². The van der Waals surface area contributed by atoms with E-state index in [1.807, 2.05) is 30.3 Å². The van der Waals surface area contributed by atoms with Gasteiger partial charge in [0.05, 0.1) is 15.7 Å². The molecule has 2 heterocycles. The second kappa shape index (κ2) is 8.69. The number of fused-ring (bicyclic) bond motifs is 1. The van der Waals surface area contributed by atoms with Crippen LogP contribution in [0.2, 0.25) is 5.02 Å². The molecular formula is C26H21ClN2O3S. The predicted molar refractivity (Wildman–Crippen MR) is 128 cm³/mol. The molecule has 2 unspecified atom stereocenters. The number of hydrogen-bond acceptors (Lipinski definition) is 5. The highest BCUT2D eigenvalue weighted by Gasteiger charge is 2.43. The van der Waals surface area contributed by atoms with Crippen LogP contribution < -0.4 is 0 Å². The Morgan fingerprint density at radius 1 is 0.970 bits per heavy atom. The van der Waals surface area contributed by atoms with Crippen molar-refractivity contribution in [3.8, 4) is 0 Å². The van der Waals surface area contributed by atoms with Gasteiger partial charge < -0.3 is 0 Å². The van der Waals surface area contributed by atoms with Crippen molar-refractivity contribution in [1.29, 1.82) is 0 Å². The highest BCUT2D eigenvalue weighted by Crippen LogP contribution is 2.48. The lowest BCUT2D eigenvalue weighted by molar-refractivity contribution is -0.119. The minimum absolute atomic E-state index is 0.0357. The molecule has 0 N–H and O–H groups in total. The minimum Gasteiger partial charge on any atom is -0.299 e. The maximum Gasteiger partial charge on any atom is 0.182 e. The molecule has 1 aliphatic carbocycles. The third-order valence-electron chi connectivity index (χ3n) is 6.11. The molecule has 166 valence electrons. The molecule has 1 fully saturated rings. The van der Waals surface area contributed by atoms with E-state index in [-0.39, 0.29) is 28.3 Å². The van der Waals surface area contributed by atoms with Crippen LogP contribution in [-0.4, -0.2) is 24.2 Å². The monoisotopic (exact) mass is 476 g/mol. The van der Waals surface area contributed by atoms with Gasteiger partial charge in [-0.2, -0.15) is 0 Å². The number of pyridine rings is 2. The Bertz CT molecular complexity index is 1440. The van der Waals surface area contributed by atoms with Gasteiger partial charge in [-0.1, -0.05) is 41.9 Å². The second-order valence-electron chi connectivity index (χ2n) is 8.46. The number of nitrogens with zero attached hydrogens (tertiary/aromatic N) is 2. The van der Waals surface area contributed by atoms with Crippen molar-refractivity contribution in [2.24, 2.45) is 5.92 Å². The van der Waals surface area contributed by atoms with E-state index in [0.717, 1.165) is 28.3 Å². The molecule has 0 amide bonds. The summed E-state index contributed by atoms with van der Waals surface area (Å²) in [5, 5.41) is 2.42. The number of hydrogen-bond donors (Lipinski definition) is 0. The molecule has 2 aromatic heterocycles. The van der Waals surface area contributed by atoms with Crippen molar-refractivity contribution in [2.45, 2.75) is 29.4 Å². The summed E-state index contributed by atoms with van der Waals surface area (Å²) in [6.07, 6.45) is 7.68. The molecule has 4 aromatic rings. The molecule has 2 atom stereocenters. The quantitative estimate of drug-likeness (QED) is 0.367. The predicted octanol–water partition coefficient (Wildman–Crippen LogP) is 5.17. The van der Waals surface area contributed by atoms with Crippen LogP contribution in [0.1, 0.15) is 29.0 Å². The fraction of sp³-hybridized carbons (Fsp3) is 0.192. The third kappa shape index (κ3) is 4.68. The normalized spacial score (nSPS) is 17.7. The van der Waals surface area contributed by atoms with Crippen LogP contribution in [0.25, 0.3) is 10.8 Å². The fourth-order valence-electron chi connectivity index (χ4n) is 4.25. The zero-order valence-corrected chi connectivity index (χ0v) is 19.3. The van der Waals surface area contributed by atoms with E-state index in [1.165, 1.54) is 0 Å². The molecule has 1 aliphatic rings. The van der Waals surface area contributed by atoms with Gasteiger partial charge in [-0.25, -0.2) is 8.42 Å². The Hall–Kier alpha value is -3.09. The van der Waals surface area contributed by atoms with Gasteiger partial charge in [-0.15, -0.1) is 0 Å². The highest BCUT2D eigenvalue weighted by molar-refractivity contribution is 7.90. The van der Waals surface area contributed by atoms with Crippen molar-refractivity contribution in [3.63, 3.8) is 0 Å². The topological polar surface area (TPSA) is 77.0 Å². The molecule has 2 aromatic carbocycles. The zero-order chi connectivity index (χ0) is 23.0. The molecule has 7 heteroatoms. The molecule has 0 bridgehead atoms. The van der Waals surface area contributed by atoms with Gasteiger partial charge in [-0.05, 0) is 53.3 Å². The first-order valence-corrected chi connectivity index (χ1v) is 12.7. The Morgan fingerprint density at radius 3 is 2.55 bits per heavy atom. The van der Waals surface area contributed by atoms with E-state index in [0.29, 0.717) is 17.0 Å². The van der Waals surface area contributed by atoms with Crippen LogP contribution in [0.15, 0.2) is 84.3 Å². The van der Waals surface area contributed by atoms with E-state index in [4.69, 9.17) is 11.6 Å². The number of benzene rings is 2. The van der Waals surface area contributed by atoms with Gasteiger partial charge in [0.2, 0.25) is 0 Å². The fourth-order valence-corrected chi connectivity index (χ4v) is 5.79. The number of carbonyl (C=O) groups is 1. The number of halogens is 1. The molecule has 5 nitrogen and oxygen atoms in total. The summed E-state index contributed by atoms with van der Waals surface area (Å²) in [4.78, 5) is 21.2. The maximum atomic E-state index is 12.9. The van der Waals surface area contributed by atoms with Crippen molar-refractivity contribution in [1.82, 2.24) is 9.97 Å². The lowest BCUT2D eigenvalue weighted by Crippen LogP contribution is -2.07. The summed E-state index contributed by atoms with van der Waals surface area (Å²) in [6, 6.07) is 16.2. The number of sulfone groups is 1. The molecule has 0 spiro atoms. The summed E-state index contributed by atoms with van der Waals surface area (Å²) in [7, 11) is -3.45. The zero-order valence-electron chi connectivity index (χ0n) is 17.7. The SMILES string of the molecule is O=C(Cc1ccc2cncc(Cl)c2c1)C1CC1c1ccc(S(=O)(=O)Cc2cccnc2)cc1. The van der Waals surface area contributed by atoms with Crippen molar-refractivity contribution >= 4 is 38.0 Å². The van der Waals surface area contributed by atoms with Crippen molar-refractivity contribution < 1.29 is 13.2 Å². The lowest BCUT2D eigenvalue weighted by atomic mass is 10.0. The number of ketones is 1. The van der Waals surface area contributed by atoms with Gasteiger partial charge >= 0.3 is 0 Å². The molecule has 0 saturated heterocycles. The Kier molecular flexibility index (Phi) is 5.72. The van der Waals surface area contributed by atoms with Gasteiger partial charge in [0.1, 0.15) is 5.78 Å². The van der Waals surface area contributed by atoms with Crippen LogP contribution in [0.4, 0.5) is 0 Å². The van der Waals surface area contributed by atoms with E-state index in [9.17, 15) is 13.2 Å². The second-order valence-corrected chi connectivity index (χ2v) is 10.9. The molecule has 1 saturated carbocycles. The van der Waals surface area contributed by atoms with Crippen LogP contribution in [-0.2, 0) is 26.8 Å². The summed E-state index contributed by atoms with van der Waals surface area (Å²) in [5.41, 5.74) is 2.59. The smallest absolute Gasteiger partial charge is 0.182 e. The van der Waals surface area contributed by atoms with Crippen LogP contribution in [0.5, 0.6) is 0 Å². The summed E-state index contributed by atoms with van der Waals surface area (Å²) < 4.78 is 25.4. The van der Waals surface area contributed by atoms with Crippen molar-refractivity contribution in [2.75, 3.05) is 0 Å². The first kappa shape index (κ1) is 21.7. The van der Waals surface area contributed by atoms with Crippen LogP contribution in [0, 0.1) is 5.92 Å². The van der Waals surface area contributed by atoms with Gasteiger partial charge in [-0.3, -0.25) is 14.8 Å². The standard InChI is InChI=1S/C26H21ClN2O3S/c27-25-15-29-14-20-4-3-17(10-23(20)25)11-26(30)24-12-22(24)19-5-7-21(8-6-19)33(31,32)16-18-2-1-9-28-13-18/h1-10,13-15,22,24H,11-12,16H2.